The van der Waals surface area contributed by atoms with Crippen molar-refractivity contribution in [1.82, 2.24) is 0 Å². The third-order valence-corrected chi connectivity index (χ3v) is 6.76. The summed E-state index contributed by atoms with van der Waals surface area (Å²) in [5.74, 6) is -5.10. The highest BCUT2D eigenvalue weighted by Crippen LogP contribution is 2.32. The van der Waals surface area contributed by atoms with E-state index < -0.39 is 35.4 Å². The standard InChI is InChI=1S/C32H29F7O2/c1-2-3-4-5-6-15-40-24-12-14-25(27(33)19-24)22-11-13-26-23(18-22)10-9-21(30(26)36)8-7-20-16-28(34)31(29(35)17-20)41-32(37,38)39/h9-14,16-19H,2-8,15H2,1H3. The predicted molar refractivity (Wildman–Crippen MR) is 144 cm³/mol. The van der Waals surface area contributed by atoms with Crippen molar-refractivity contribution >= 4 is 10.8 Å². The van der Waals surface area contributed by atoms with Gasteiger partial charge in [0.15, 0.2) is 11.6 Å². The first kappa shape index (κ1) is 30.2. The molecule has 0 saturated carbocycles. The summed E-state index contributed by atoms with van der Waals surface area (Å²) in [6, 6.07) is 14.1. The highest BCUT2D eigenvalue weighted by atomic mass is 19.4. The van der Waals surface area contributed by atoms with Crippen molar-refractivity contribution in [1.29, 1.82) is 0 Å². The molecule has 9 heteroatoms. The fourth-order valence-corrected chi connectivity index (χ4v) is 4.66. The molecule has 0 saturated heterocycles. The van der Waals surface area contributed by atoms with Crippen molar-refractivity contribution < 1.29 is 40.2 Å². The van der Waals surface area contributed by atoms with Crippen LogP contribution in [0.15, 0.2) is 60.7 Å². The number of rotatable bonds is 12. The Balaban J connectivity index is 1.44. The lowest BCUT2D eigenvalue weighted by Crippen LogP contribution is -2.19. The Bertz CT molecular complexity index is 1470. The fraction of sp³-hybridized carbons (Fsp3) is 0.312. The third-order valence-electron chi connectivity index (χ3n) is 6.76. The van der Waals surface area contributed by atoms with Gasteiger partial charge >= 0.3 is 6.36 Å². The number of hydrogen-bond donors (Lipinski definition) is 0. The second kappa shape index (κ2) is 13.3. The summed E-state index contributed by atoms with van der Waals surface area (Å²) < 4.78 is 104. The van der Waals surface area contributed by atoms with E-state index in [-0.39, 0.29) is 29.4 Å². The molecule has 0 aliphatic carbocycles. The van der Waals surface area contributed by atoms with Gasteiger partial charge in [0.05, 0.1) is 6.61 Å². The molecule has 0 aliphatic heterocycles. The van der Waals surface area contributed by atoms with Gasteiger partial charge in [0, 0.05) is 17.0 Å². The van der Waals surface area contributed by atoms with Gasteiger partial charge in [-0.25, -0.2) is 17.6 Å². The van der Waals surface area contributed by atoms with Gasteiger partial charge < -0.3 is 9.47 Å². The first-order chi connectivity index (χ1) is 19.6. The van der Waals surface area contributed by atoms with Gasteiger partial charge in [-0.3, -0.25) is 0 Å². The van der Waals surface area contributed by atoms with E-state index in [9.17, 15) is 26.3 Å². The molecule has 41 heavy (non-hydrogen) atoms. The monoisotopic (exact) mass is 578 g/mol. The minimum absolute atomic E-state index is 0.0288. The zero-order valence-corrected chi connectivity index (χ0v) is 22.4. The second-order valence-corrected chi connectivity index (χ2v) is 9.82. The minimum Gasteiger partial charge on any atom is -0.493 e. The van der Waals surface area contributed by atoms with E-state index in [1.807, 2.05) is 0 Å². The Labute approximate surface area is 233 Å². The largest absolute Gasteiger partial charge is 0.573 e. The fourth-order valence-electron chi connectivity index (χ4n) is 4.66. The Hall–Kier alpha value is -3.75. The molecule has 0 heterocycles. The van der Waals surface area contributed by atoms with Crippen molar-refractivity contribution in [2.24, 2.45) is 0 Å². The molecular formula is C32H29F7O2. The molecule has 0 bridgehead atoms. The van der Waals surface area contributed by atoms with Crippen molar-refractivity contribution in [3.05, 3.63) is 95.1 Å². The Kier molecular flexibility index (Phi) is 9.78. The third kappa shape index (κ3) is 7.93. The minimum atomic E-state index is -5.24. The summed E-state index contributed by atoms with van der Waals surface area (Å²) in [6.45, 7) is 2.66. The van der Waals surface area contributed by atoms with Crippen LogP contribution in [0.4, 0.5) is 30.7 Å². The Morgan fingerprint density at radius 1 is 0.707 bits per heavy atom. The molecular weight excluding hydrogens is 549 g/mol. The lowest BCUT2D eigenvalue weighted by molar-refractivity contribution is -0.276. The number of hydrogen-bond acceptors (Lipinski definition) is 2. The van der Waals surface area contributed by atoms with Crippen molar-refractivity contribution in [2.75, 3.05) is 6.61 Å². The van der Waals surface area contributed by atoms with Crippen LogP contribution < -0.4 is 9.47 Å². The predicted octanol–water partition coefficient (Wildman–Crippen LogP) is 10.1. The van der Waals surface area contributed by atoms with Crippen molar-refractivity contribution in [3.8, 4) is 22.6 Å². The molecule has 0 N–H and O–H groups in total. The summed E-state index contributed by atoms with van der Waals surface area (Å²) in [5.41, 5.74) is 1.20. The smallest absolute Gasteiger partial charge is 0.493 e. The quantitative estimate of drug-likeness (QED) is 0.123. The molecule has 0 aliphatic rings. The first-order valence-corrected chi connectivity index (χ1v) is 13.4. The average Bonchev–Trinajstić information content (AvgIpc) is 2.92. The molecule has 0 spiro atoms. The van der Waals surface area contributed by atoms with E-state index in [0.29, 0.717) is 28.9 Å². The lowest BCUT2D eigenvalue weighted by Gasteiger charge is -2.12. The SMILES string of the molecule is CCCCCCCOc1ccc(-c2ccc3c(F)c(CCc4cc(F)c(OC(F)(F)F)c(F)c4)ccc3c2)c(F)c1. The molecule has 2 nitrogen and oxygen atoms in total. The summed E-state index contributed by atoms with van der Waals surface area (Å²) in [7, 11) is 0. The molecule has 4 aromatic carbocycles. The van der Waals surface area contributed by atoms with Crippen LogP contribution in [0.2, 0.25) is 0 Å². The molecule has 0 fully saturated rings. The van der Waals surface area contributed by atoms with Crippen molar-refractivity contribution in [3.63, 3.8) is 0 Å². The maximum atomic E-state index is 15.3. The Morgan fingerprint density at radius 2 is 1.44 bits per heavy atom. The van der Waals surface area contributed by atoms with E-state index in [0.717, 1.165) is 37.8 Å². The van der Waals surface area contributed by atoms with Gasteiger partial charge in [0.25, 0.3) is 0 Å². The molecule has 4 rings (SSSR count). The summed E-state index contributed by atoms with van der Waals surface area (Å²) in [5, 5.41) is 0.808. The van der Waals surface area contributed by atoms with Crippen LogP contribution in [0.5, 0.6) is 11.5 Å². The number of ether oxygens (including phenoxy) is 2. The van der Waals surface area contributed by atoms with Crippen LogP contribution in [-0.4, -0.2) is 13.0 Å². The van der Waals surface area contributed by atoms with E-state index in [1.165, 1.54) is 24.6 Å². The number of benzene rings is 4. The van der Waals surface area contributed by atoms with Gasteiger partial charge in [-0.2, -0.15) is 0 Å². The Morgan fingerprint density at radius 3 is 2.12 bits per heavy atom. The molecule has 4 aromatic rings. The van der Waals surface area contributed by atoms with Crippen LogP contribution in [-0.2, 0) is 12.8 Å². The van der Waals surface area contributed by atoms with Crippen LogP contribution >= 0.6 is 0 Å². The summed E-state index contributed by atoms with van der Waals surface area (Å²) in [6.07, 6.45) is 0.224. The highest BCUT2D eigenvalue weighted by Gasteiger charge is 2.34. The van der Waals surface area contributed by atoms with Gasteiger partial charge in [-0.15, -0.1) is 13.2 Å². The second-order valence-electron chi connectivity index (χ2n) is 9.82. The number of halogens is 7. The normalized spacial score (nSPS) is 11.7. The lowest BCUT2D eigenvalue weighted by atomic mass is 9.97. The molecule has 0 radical (unpaired) electrons. The van der Waals surface area contributed by atoms with Crippen LogP contribution in [0, 0.1) is 23.3 Å². The van der Waals surface area contributed by atoms with Gasteiger partial charge in [-0.05, 0) is 71.7 Å². The maximum Gasteiger partial charge on any atom is 0.573 e. The van der Waals surface area contributed by atoms with E-state index in [1.54, 1.807) is 30.3 Å². The van der Waals surface area contributed by atoms with E-state index in [4.69, 9.17) is 4.74 Å². The molecule has 218 valence electrons. The zero-order chi connectivity index (χ0) is 29.6. The van der Waals surface area contributed by atoms with Crippen LogP contribution in [0.3, 0.4) is 0 Å². The van der Waals surface area contributed by atoms with Crippen LogP contribution in [0.25, 0.3) is 21.9 Å². The zero-order valence-electron chi connectivity index (χ0n) is 22.4. The van der Waals surface area contributed by atoms with Gasteiger partial charge in [-0.1, -0.05) is 56.9 Å². The molecule has 0 unspecified atom stereocenters. The maximum absolute atomic E-state index is 15.3. The van der Waals surface area contributed by atoms with E-state index >= 15 is 4.39 Å². The van der Waals surface area contributed by atoms with Gasteiger partial charge in [0.2, 0.25) is 5.75 Å². The number of fused-ring (bicyclic) bond motifs is 1. The molecule has 0 aromatic heterocycles. The van der Waals surface area contributed by atoms with Gasteiger partial charge in [0.1, 0.15) is 17.4 Å². The topological polar surface area (TPSA) is 18.5 Å². The summed E-state index contributed by atoms with van der Waals surface area (Å²) in [4.78, 5) is 0. The summed E-state index contributed by atoms with van der Waals surface area (Å²) >= 11 is 0. The van der Waals surface area contributed by atoms with Crippen LogP contribution in [0.1, 0.15) is 50.2 Å². The van der Waals surface area contributed by atoms with Crippen molar-refractivity contribution in [2.45, 2.75) is 58.2 Å². The molecule has 0 atom stereocenters. The number of aryl methyl sites for hydroxylation is 2. The first-order valence-electron chi connectivity index (χ1n) is 13.4. The van der Waals surface area contributed by atoms with E-state index in [2.05, 4.69) is 11.7 Å². The highest BCUT2D eigenvalue weighted by molar-refractivity contribution is 5.88. The number of unbranched alkanes of at least 4 members (excludes halogenated alkanes) is 4. The average molecular weight is 579 g/mol. The molecule has 0 amide bonds. The number of alkyl halides is 3.